The second-order valence-electron chi connectivity index (χ2n) is 4.79. The van der Waals surface area contributed by atoms with E-state index in [-0.39, 0.29) is 6.04 Å². The fourth-order valence-electron chi connectivity index (χ4n) is 2.00. The van der Waals surface area contributed by atoms with Gasteiger partial charge >= 0.3 is 0 Å². The number of aromatic hydroxyl groups is 1. The van der Waals surface area contributed by atoms with Crippen molar-refractivity contribution in [1.82, 2.24) is 5.32 Å². The van der Waals surface area contributed by atoms with Crippen LogP contribution in [0.25, 0.3) is 0 Å². The molecule has 0 saturated carbocycles. The van der Waals surface area contributed by atoms with Crippen LogP contribution in [0.5, 0.6) is 5.75 Å². The van der Waals surface area contributed by atoms with Crippen molar-refractivity contribution >= 4 is 11.6 Å². The van der Waals surface area contributed by atoms with Gasteiger partial charge in [0.1, 0.15) is 5.75 Å². The molecule has 19 heavy (non-hydrogen) atoms. The van der Waals surface area contributed by atoms with E-state index in [1.165, 1.54) is 5.56 Å². The molecule has 0 aliphatic carbocycles. The fraction of sp³-hybridized carbons (Fsp3) is 0.250. The van der Waals surface area contributed by atoms with Crippen LogP contribution < -0.4 is 5.32 Å². The van der Waals surface area contributed by atoms with E-state index in [2.05, 4.69) is 5.32 Å². The van der Waals surface area contributed by atoms with Gasteiger partial charge in [-0.15, -0.1) is 0 Å². The van der Waals surface area contributed by atoms with Crippen LogP contribution in [-0.2, 0) is 6.54 Å². The molecule has 2 aromatic carbocycles. The average Bonchev–Trinajstić information content (AvgIpc) is 2.40. The van der Waals surface area contributed by atoms with Crippen molar-refractivity contribution in [3.63, 3.8) is 0 Å². The second-order valence-corrected chi connectivity index (χ2v) is 5.23. The lowest BCUT2D eigenvalue weighted by Gasteiger charge is -2.16. The van der Waals surface area contributed by atoms with Crippen LogP contribution in [0.15, 0.2) is 42.5 Å². The third-order valence-electron chi connectivity index (χ3n) is 3.18. The van der Waals surface area contributed by atoms with Crippen molar-refractivity contribution in [3.05, 3.63) is 64.2 Å². The first-order valence-corrected chi connectivity index (χ1v) is 6.71. The van der Waals surface area contributed by atoms with Crippen LogP contribution in [-0.4, -0.2) is 5.11 Å². The highest BCUT2D eigenvalue weighted by atomic mass is 35.5. The summed E-state index contributed by atoms with van der Waals surface area (Å²) < 4.78 is 0. The largest absolute Gasteiger partial charge is 0.508 e. The van der Waals surface area contributed by atoms with E-state index in [9.17, 15) is 5.11 Å². The minimum atomic E-state index is 0.0931. The molecule has 0 bridgehead atoms. The maximum atomic E-state index is 9.88. The topological polar surface area (TPSA) is 32.3 Å². The summed E-state index contributed by atoms with van der Waals surface area (Å²) in [6.07, 6.45) is 0. The number of phenolic OH excluding ortho intramolecular Hbond substituents is 1. The first-order valence-electron chi connectivity index (χ1n) is 6.33. The van der Waals surface area contributed by atoms with Crippen LogP contribution in [0.2, 0.25) is 5.02 Å². The van der Waals surface area contributed by atoms with Gasteiger partial charge in [-0.3, -0.25) is 0 Å². The van der Waals surface area contributed by atoms with Gasteiger partial charge in [-0.05, 0) is 37.6 Å². The number of hydrogen-bond donors (Lipinski definition) is 2. The Morgan fingerprint density at radius 2 is 1.84 bits per heavy atom. The Kier molecular flexibility index (Phi) is 4.46. The highest BCUT2D eigenvalue weighted by Crippen LogP contribution is 2.25. The average molecular weight is 276 g/mol. The Morgan fingerprint density at radius 1 is 1.16 bits per heavy atom. The van der Waals surface area contributed by atoms with E-state index in [0.717, 1.165) is 22.7 Å². The van der Waals surface area contributed by atoms with Gasteiger partial charge in [0.15, 0.2) is 0 Å². The van der Waals surface area contributed by atoms with Crippen LogP contribution in [0.4, 0.5) is 0 Å². The number of aryl methyl sites for hydroxylation is 1. The highest BCUT2D eigenvalue weighted by Gasteiger charge is 2.09. The van der Waals surface area contributed by atoms with E-state index < -0.39 is 0 Å². The quantitative estimate of drug-likeness (QED) is 0.876. The van der Waals surface area contributed by atoms with Gasteiger partial charge < -0.3 is 10.4 Å². The zero-order valence-electron chi connectivity index (χ0n) is 11.2. The molecule has 3 heteroatoms. The second kappa shape index (κ2) is 6.09. The molecule has 0 amide bonds. The summed E-state index contributed by atoms with van der Waals surface area (Å²) in [6, 6.07) is 13.5. The summed E-state index contributed by atoms with van der Waals surface area (Å²) in [5.41, 5.74) is 3.24. The van der Waals surface area contributed by atoms with Crippen LogP contribution in [0.1, 0.15) is 29.7 Å². The lowest BCUT2D eigenvalue weighted by Crippen LogP contribution is -2.18. The first-order chi connectivity index (χ1) is 9.06. The predicted molar refractivity (Wildman–Crippen MR) is 79.6 cm³/mol. The smallest absolute Gasteiger partial charge is 0.120 e. The molecule has 100 valence electrons. The molecule has 0 aromatic heterocycles. The lowest BCUT2D eigenvalue weighted by atomic mass is 10.0. The molecule has 0 aliphatic rings. The van der Waals surface area contributed by atoms with E-state index in [1.807, 2.05) is 50.2 Å². The predicted octanol–water partition coefficient (Wildman–Crippen LogP) is 4.20. The van der Waals surface area contributed by atoms with Gasteiger partial charge in [-0.25, -0.2) is 0 Å². The maximum Gasteiger partial charge on any atom is 0.120 e. The summed E-state index contributed by atoms with van der Waals surface area (Å²) in [5, 5.41) is 14.0. The molecule has 0 heterocycles. The fourth-order valence-corrected chi connectivity index (χ4v) is 2.13. The summed E-state index contributed by atoms with van der Waals surface area (Å²) in [4.78, 5) is 0. The van der Waals surface area contributed by atoms with Crippen molar-refractivity contribution in [2.24, 2.45) is 0 Å². The van der Waals surface area contributed by atoms with Crippen LogP contribution in [0.3, 0.4) is 0 Å². The number of benzene rings is 2. The number of rotatable bonds is 4. The summed E-state index contributed by atoms with van der Waals surface area (Å²) in [7, 11) is 0. The van der Waals surface area contributed by atoms with Crippen LogP contribution in [0, 0.1) is 6.92 Å². The number of halogens is 1. The number of nitrogens with one attached hydrogen (secondary N) is 1. The zero-order chi connectivity index (χ0) is 13.8. The SMILES string of the molecule is Cc1ccc(O)c(C(C)NCc2ccc(Cl)cc2)c1. The van der Waals surface area contributed by atoms with Crippen molar-refractivity contribution in [2.45, 2.75) is 26.4 Å². The van der Waals surface area contributed by atoms with Gasteiger partial charge in [-0.2, -0.15) is 0 Å². The van der Waals surface area contributed by atoms with E-state index in [1.54, 1.807) is 6.07 Å². The minimum Gasteiger partial charge on any atom is -0.508 e. The molecule has 2 rings (SSSR count). The Morgan fingerprint density at radius 3 is 2.53 bits per heavy atom. The van der Waals surface area contributed by atoms with Crippen molar-refractivity contribution in [1.29, 1.82) is 0 Å². The highest BCUT2D eigenvalue weighted by molar-refractivity contribution is 6.30. The molecule has 2 N–H and O–H groups in total. The summed E-state index contributed by atoms with van der Waals surface area (Å²) in [6.45, 7) is 4.81. The molecular formula is C16H18ClNO. The van der Waals surface area contributed by atoms with E-state index in [4.69, 9.17) is 11.6 Å². The number of phenols is 1. The Bertz CT molecular complexity index is 551. The third-order valence-corrected chi connectivity index (χ3v) is 3.43. The third kappa shape index (κ3) is 3.72. The molecule has 0 fully saturated rings. The molecule has 2 nitrogen and oxygen atoms in total. The summed E-state index contributed by atoms with van der Waals surface area (Å²) >= 11 is 5.85. The monoisotopic (exact) mass is 275 g/mol. The molecule has 0 radical (unpaired) electrons. The normalized spacial score (nSPS) is 12.4. The maximum absolute atomic E-state index is 9.88. The molecule has 0 saturated heterocycles. The molecule has 1 atom stereocenters. The Labute approximate surface area is 119 Å². The van der Waals surface area contributed by atoms with Gasteiger partial charge in [-0.1, -0.05) is 41.4 Å². The lowest BCUT2D eigenvalue weighted by molar-refractivity contribution is 0.452. The Balaban J connectivity index is 2.03. The van der Waals surface area contributed by atoms with Crippen molar-refractivity contribution in [3.8, 4) is 5.75 Å². The van der Waals surface area contributed by atoms with Crippen molar-refractivity contribution < 1.29 is 5.11 Å². The molecular weight excluding hydrogens is 258 g/mol. The van der Waals surface area contributed by atoms with Gasteiger partial charge in [0, 0.05) is 23.2 Å². The zero-order valence-corrected chi connectivity index (χ0v) is 11.9. The van der Waals surface area contributed by atoms with Gasteiger partial charge in [0.2, 0.25) is 0 Å². The van der Waals surface area contributed by atoms with E-state index >= 15 is 0 Å². The molecule has 0 spiro atoms. The van der Waals surface area contributed by atoms with Crippen molar-refractivity contribution in [2.75, 3.05) is 0 Å². The minimum absolute atomic E-state index is 0.0931. The first kappa shape index (κ1) is 13.9. The molecule has 1 unspecified atom stereocenters. The molecule has 2 aromatic rings. The molecule has 0 aliphatic heterocycles. The van der Waals surface area contributed by atoms with Gasteiger partial charge in [0.25, 0.3) is 0 Å². The number of hydrogen-bond acceptors (Lipinski definition) is 2. The summed E-state index contributed by atoms with van der Waals surface area (Å²) in [5.74, 6) is 0.335. The Hall–Kier alpha value is -1.51. The van der Waals surface area contributed by atoms with Gasteiger partial charge in [0.05, 0.1) is 0 Å². The standard InChI is InChI=1S/C16H18ClNO/c1-11-3-8-16(19)15(9-11)12(2)18-10-13-4-6-14(17)7-5-13/h3-9,12,18-19H,10H2,1-2H3. The van der Waals surface area contributed by atoms with Crippen LogP contribution >= 0.6 is 11.6 Å². The van der Waals surface area contributed by atoms with E-state index in [0.29, 0.717) is 5.75 Å².